The lowest BCUT2D eigenvalue weighted by atomic mass is 9.99. The molecular weight excluding hydrogens is 297 g/mol. The molecule has 0 aliphatic heterocycles. The Morgan fingerprint density at radius 3 is 2.61 bits per heavy atom. The molecule has 0 radical (unpaired) electrons. The number of nitrogens with zero attached hydrogens (tertiary/aromatic N) is 1. The van der Waals surface area contributed by atoms with E-state index in [1.165, 1.54) is 18.2 Å². The van der Waals surface area contributed by atoms with Gasteiger partial charge in [0.25, 0.3) is 0 Å². The fraction of sp³-hybridized carbons (Fsp3) is 0.111. The lowest BCUT2D eigenvalue weighted by Crippen LogP contribution is -2.07. The van der Waals surface area contributed by atoms with Crippen LogP contribution in [0.1, 0.15) is 11.1 Å². The van der Waals surface area contributed by atoms with Crippen molar-refractivity contribution in [1.82, 2.24) is 4.98 Å². The van der Waals surface area contributed by atoms with E-state index in [1.807, 2.05) is 0 Å². The van der Waals surface area contributed by atoms with Gasteiger partial charge in [-0.25, -0.2) is 9.18 Å². The van der Waals surface area contributed by atoms with Crippen LogP contribution < -0.4 is 5.63 Å². The van der Waals surface area contributed by atoms with Crippen molar-refractivity contribution in [3.63, 3.8) is 0 Å². The highest BCUT2D eigenvalue weighted by Gasteiger charge is 2.20. The van der Waals surface area contributed by atoms with Crippen LogP contribution in [0.25, 0.3) is 22.6 Å². The van der Waals surface area contributed by atoms with Crippen LogP contribution in [-0.2, 0) is 0 Å². The number of aromatic hydroxyl groups is 1. The average Bonchev–Trinajstić information content (AvgIpc) is 2.54. The summed E-state index contributed by atoms with van der Waals surface area (Å²) >= 11 is 0. The molecule has 1 aromatic carbocycles. The van der Waals surface area contributed by atoms with Crippen LogP contribution in [-0.4, -0.2) is 10.1 Å². The summed E-state index contributed by atoms with van der Waals surface area (Å²) < 4.78 is 18.6. The van der Waals surface area contributed by atoms with Crippen LogP contribution in [0.5, 0.6) is 5.75 Å². The van der Waals surface area contributed by atoms with Crippen LogP contribution in [0.2, 0.25) is 0 Å². The van der Waals surface area contributed by atoms with Gasteiger partial charge >= 0.3 is 5.63 Å². The third kappa shape index (κ3) is 2.61. The molecular formula is C18H14FNO3. The summed E-state index contributed by atoms with van der Waals surface area (Å²) in [5, 5.41) is 10.5. The molecule has 0 unspecified atom stereocenters. The molecule has 23 heavy (non-hydrogen) atoms. The quantitative estimate of drug-likeness (QED) is 0.781. The number of aryl methyl sites for hydroxylation is 1. The summed E-state index contributed by atoms with van der Waals surface area (Å²) in [7, 11) is 0. The molecule has 3 rings (SSSR count). The fourth-order valence-corrected chi connectivity index (χ4v) is 2.50. The zero-order chi connectivity index (χ0) is 16.6. The Hall–Kier alpha value is -2.95. The lowest BCUT2D eigenvalue weighted by Gasteiger charge is -2.11. The predicted octanol–water partition coefficient (Wildman–Crippen LogP) is 3.83. The van der Waals surface area contributed by atoms with Gasteiger partial charge in [0, 0.05) is 11.8 Å². The Kier molecular flexibility index (Phi) is 3.70. The summed E-state index contributed by atoms with van der Waals surface area (Å²) in [6.45, 7) is 3.31. The Morgan fingerprint density at radius 1 is 1.17 bits per heavy atom. The van der Waals surface area contributed by atoms with Crippen molar-refractivity contribution in [2.24, 2.45) is 0 Å². The zero-order valence-electron chi connectivity index (χ0n) is 12.6. The van der Waals surface area contributed by atoms with Gasteiger partial charge in [-0.3, -0.25) is 4.98 Å². The van der Waals surface area contributed by atoms with E-state index in [1.54, 1.807) is 38.2 Å². The number of aromatic nitrogens is 1. The van der Waals surface area contributed by atoms with E-state index < -0.39 is 11.4 Å². The van der Waals surface area contributed by atoms with E-state index >= 15 is 0 Å². The van der Waals surface area contributed by atoms with Crippen LogP contribution in [0.4, 0.5) is 4.39 Å². The fourth-order valence-electron chi connectivity index (χ4n) is 2.50. The first kappa shape index (κ1) is 15.0. The van der Waals surface area contributed by atoms with Gasteiger partial charge in [-0.05, 0) is 49.2 Å². The van der Waals surface area contributed by atoms with Crippen molar-refractivity contribution in [2.75, 3.05) is 0 Å². The molecule has 0 aliphatic carbocycles. The van der Waals surface area contributed by atoms with E-state index in [0.717, 1.165) is 0 Å². The SMILES string of the molecule is Cc1cc(F)ccc1-c1c(O)c(C)c(-c2ccccn2)oc1=O. The van der Waals surface area contributed by atoms with E-state index in [9.17, 15) is 14.3 Å². The molecule has 1 N–H and O–H groups in total. The van der Waals surface area contributed by atoms with Crippen LogP contribution in [0, 0.1) is 19.7 Å². The van der Waals surface area contributed by atoms with Gasteiger partial charge in [0.1, 0.15) is 22.8 Å². The van der Waals surface area contributed by atoms with Crippen molar-refractivity contribution in [3.05, 3.63) is 70.0 Å². The Morgan fingerprint density at radius 2 is 1.96 bits per heavy atom. The Bertz CT molecular complexity index is 933. The van der Waals surface area contributed by atoms with Crippen LogP contribution in [0.3, 0.4) is 0 Å². The largest absolute Gasteiger partial charge is 0.507 e. The zero-order valence-corrected chi connectivity index (χ0v) is 12.6. The average molecular weight is 311 g/mol. The molecule has 0 fully saturated rings. The second-order valence-electron chi connectivity index (χ2n) is 5.24. The maximum Gasteiger partial charge on any atom is 0.348 e. The summed E-state index contributed by atoms with van der Waals surface area (Å²) in [4.78, 5) is 16.5. The number of benzene rings is 1. The van der Waals surface area contributed by atoms with Gasteiger partial charge in [0.15, 0.2) is 5.76 Å². The molecule has 0 atom stereocenters. The first-order chi connectivity index (χ1) is 11.0. The maximum absolute atomic E-state index is 13.3. The van der Waals surface area contributed by atoms with Crippen LogP contribution in [0.15, 0.2) is 51.8 Å². The molecule has 0 bridgehead atoms. The standard InChI is InChI=1S/C18H14FNO3/c1-10-9-12(19)6-7-13(10)15-16(21)11(2)17(23-18(15)22)14-5-3-4-8-20-14/h3-9,21H,1-2H3. The molecule has 0 aliphatic rings. The van der Waals surface area contributed by atoms with E-state index in [2.05, 4.69) is 4.98 Å². The Balaban J connectivity index is 2.26. The number of rotatable bonds is 2. The minimum Gasteiger partial charge on any atom is -0.507 e. The third-order valence-corrected chi connectivity index (χ3v) is 3.69. The summed E-state index contributed by atoms with van der Waals surface area (Å²) in [5.74, 6) is -0.370. The van der Waals surface area contributed by atoms with Crippen molar-refractivity contribution in [2.45, 2.75) is 13.8 Å². The van der Waals surface area contributed by atoms with Crippen molar-refractivity contribution >= 4 is 0 Å². The molecule has 0 saturated carbocycles. The summed E-state index contributed by atoms with van der Waals surface area (Å²) in [5.41, 5.74) is 1.18. The van der Waals surface area contributed by atoms with E-state index in [-0.39, 0.29) is 17.1 Å². The van der Waals surface area contributed by atoms with Crippen molar-refractivity contribution in [1.29, 1.82) is 0 Å². The first-order valence-electron chi connectivity index (χ1n) is 7.03. The van der Waals surface area contributed by atoms with Gasteiger partial charge in [0.2, 0.25) is 0 Å². The highest BCUT2D eigenvalue weighted by Crippen LogP contribution is 2.35. The van der Waals surface area contributed by atoms with Gasteiger partial charge in [0.05, 0.1) is 0 Å². The molecule has 2 aromatic heterocycles. The van der Waals surface area contributed by atoms with Gasteiger partial charge in [-0.2, -0.15) is 0 Å². The smallest absolute Gasteiger partial charge is 0.348 e. The van der Waals surface area contributed by atoms with E-state index in [0.29, 0.717) is 22.4 Å². The van der Waals surface area contributed by atoms with Gasteiger partial charge in [-0.1, -0.05) is 12.1 Å². The molecule has 116 valence electrons. The second kappa shape index (κ2) is 5.68. The highest BCUT2D eigenvalue weighted by molar-refractivity contribution is 5.76. The molecule has 4 nitrogen and oxygen atoms in total. The number of hydrogen-bond donors (Lipinski definition) is 1. The van der Waals surface area contributed by atoms with Gasteiger partial charge < -0.3 is 9.52 Å². The van der Waals surface area contributed by atoms with Crippen LogP contribution >= 0.6 is 0 Å². The van der Waals surface area contributed by atoms with Crippen molar-refractivity contribution in [3.8, 4) is 28.3 Å². The third-order valence-electron chi connectivity index (χ3n) is 3.69. The topological polar surface area (TPSA) is 63.3 Å². The van der Waals surface area contributed by atoms with Gasteiger partial charge in [-0.15, -0.1) is 0 Å². The second-order valence-corrected chi connectivity index (χ2v) is 5.24. The molecule has 5 heteroatoms. The Labute approximate surface area is 131 Å². The summed E-state index contributed by atoms with van der Waals surface area (Å²) in [6.07, 6.45) is 1.57. The normalized spacial score (nSPS) is 10.7. The summed E-state index contributed by atoms with van der Waals surface area (Å²) in [6, 6.07) is 9.19. The molecule has 0 spiro atoms. The number of halogens is 1. The molecule has 0 amide bonds. The minimum atomic E-state index is -0.691. The molecule has 3 aromatic rings. The van der Waals surface area contributed by atoms with Crippen molar-refractivity contribution < 1.29 is 13.9 Å². The minimum absolute atomic E-state index is 0.0275. The monoisotopic (exact) mass is 311 g/mol. The molecule has 2 heterocycles. The maximum atomic E-state index is 13.3. The predicted molar refractivity (Wildman–Crippen MR) is 84.7 cm³/mol. The number of hydrogen-bond acceptors (Lipinski definition) is 4. The molecule has 0 saturated heterocycles. The first-order valence-corrected chi connectivity index (χ1v) is 7.03. The lowest BCUT2D eigenvalue weighted by molar-refractivity contribution is 0.449. The highest BCUT2D eigenvalue weighted by atomic mass is 19.1. The van der Waals surface area contributed by atoms with E-state index in [4.69, 9.17) is 4.42 Å². The number of pyridine rings is 1.